The topological polar surface area (TPSA) is 42.7 Å². The van der Waals surface area contributed by atoms with Crippen molar-refractivity contribution in [3.05, 3.63) is 34.3 Å². The van der Waals surface area contributed by atoms with Gasteiger partial charge >= 0.3 is 0 Å². The Morgan fingerprint density at radius 1 is 1.39 bits per heavy atom. The maximum Gasteiger partial charge on any atom is 0.0965 e. The highest BCUT2D eigenvalue weighted by Crippen LogP contribution is 2.11. The number of aromatic nitrogens is 3. The maximum absolute atomic E-state index is 4.17. The van der Waals surface area contributed by atoms with Crippen molar-refractivity contribution in [3.63, 3.8) is 0 Å². The summed E-state index contributed by atoms with van der Waals surface area (Å²) in [5, 5.41) is 13.8. The molecular formula is C13H20N4S. The lowest BCUT2D eigenvalue weighted by molar-refractivity contribution is 0.347. The molecule has 2 rings (SSSR count). The molecule has 18 heavy (non-hydrogen) atoms. The number of hydrogen-bond acceptors (Lipinski definition) is 4. The fraction of sp³-hybridized carbons (Fsp3) is 0.538. The highest BCUT2D eigenvalue weighted by Gasteiger charge is 2.14. The second-order valence-electron chi connectivity index (χ2n) is 5.33. The predicted octanol–water partition coefficient (Wildman–Crippen LogP) is 2.43. The van der Waals surface area contributed by atoms with Crippen LogP contribution in [-0.4, -0.2) is 21.5 Å². The first-order chi connectivity index (χ1) is 8.55. The summed E-state index contributed by atoms with van der Waals surface area (Å²) in [5.41, 5.74) is 0.999. The van der Waals surface area contributed by atoms with Crippen molar-refractivity contribution >= 4 is 11.3 Å². The van der Waals surface area contributed by atoms with E-state index in [0.717, 1.165) is 25.2 Å². The van der Waals surface area contributed by atoms with Gasteiger partial charge in [-0.05, 0) is 38.6 Å². The van der Waals surface area contributed by atoms with Crippen molar-refractivity contribution in [2.75, 3.05) is 6.54 Å². The third-order valence-electron chi connectivity index (χ3n) is 2.66. The Morgan fingerprint density at radius 3 is 2.83 bits per heavy atom. The SMILES string of the molecule is CC(C)(C)n1cc(CNCCc2cccs2)nn1. The minimum Gasteiger partial charge on any atom is -0.311 e. The summed E-state index contributed by atoms with van der Waals surface area (Å²) in [4.78, 5) is 1.42. The third kappa shape index (κ3) is 3.65. The van der Waals surface area contributed by atoms with Crippen LogP contribution in [0.5, 0.6) is 0 Å². The van der Waals surface area contributed by atoms with Crippen LogP contribution in [-0.2, 0) is 18.5 Å². The number of rotatable bonds is 5. The molecule has 4 nitrogen and oxygen atoms in total. The lowest BCUT2D eigenvalue weighted by atomic mass is 10.1. The number of thiophene rings is 1. The molecule has 2 heterocycles. The van der Waals surface area contributed by atoms with E-state index in [2.05, 4.69) is 53.9 Å². The normalized spacial score (nSPS) is 11.9. The van der Waals surface area contributed by atoms with Crippen molar-refractivity contribution in [3.8, 4) is 0 Å². The number of nitrogens with zero attached hydrogens (tertiary/aromatic N) is 3. The van der Waals surface area contributed by atoms with Crippen molar-refractivity contribution in [2.24, 2.45) is 0 Å². The van der Waals surface area contributed by atoms with Gasteiger partial charge in [0.15, 0.2) is 0 Å². The average molecular weight is 264 g/mol. The standard InChI is InChI=1S/C13H20N4S/c1-13(2,3)17-10-11(15-16-17)9-14-7-6-12-5-4-8-18-12/h4-5,8,10,14H,6-7,9H2,1-3H3. The van der Waals surface area contributed by atoms with Gasteiger partial charge in [-0.15, -0.1) is 16.4 Å². The van der Waals surface area contributed by atoms with Crippen LogP contribution in [0.25, 0.3) is 0 Å². The van der Waals surface area contributed by atoms with Crippen molar-refractivity contribution < 1.29 is 0 Å². The molecule has 0 atom stereocenters. The quantitative estimate of drug-likeness (QED) is 0.843. The van der Waals surface area contributed by atoms with E-state index in [0.29, 0.717) is 0 Å². The molecule has 0 unspecified atom stereocenters. The van der Waals surface area contributed by atoms with Crippen LogP contribution in [0.2, 0.25) is 0 Å². The van der Waals surface area contributed by atoms with Gasteiger partial charge in [0, 0.05) is 18.0 Å². The Labute approximate surface area is 112 Å². The first-order valence-electron chi connectivity index (χ1n) is 6.20. The number of hydrogen-bond donors (Lipinski definition) is 1. The van der Waals surface area contributed by atoms with E-state index in [9.17, 15) is 0 Å². The summed E-state index contributed by atoms with van der Waals surface area (Å²) < 4.78 is 1.91. The average Bonchev–Trinajstić information content (AvgIpc) is 2.95. The molecule has 0 radical (unpaired) electrons. The lowest BCUT2D eigenvalue weighted by Crippen LogP contribution is -2.22. The van der Waals surface area contributed by atoms with Gasteiger partial charge in [-0.25, -0.2) is 4.68 Å². The predicted molar refractivity (Wildman–Crippen MR) is 74.7 cm³/mol. The largest absolute Gasteiger partial charge is 0.311 e. The molecule has 0 aromatic carbocycles. The lowest BCUT2D eigenvalue weighted by Gasteiger charge is -2.17. The van der Waals surface area contributed by atoms with Crippen LogP contribution in [0.15, 0.2) is 23.7 Å². The Bertz CT molecular complexity index is 467. The minimum absolute atomic E-state index is 0.00220. The molecule has 5 heteroatoms. The van der Waals surface area contributed by atoms with Gasteiger partial charge < -0.3 is 5.32 Å². The molecule has 0 spiro atoms. The van der Waals surface area contributed by atoms with Gasteiger partial charge in [0.2, 0.25) is 0 Å². The third-order valence-corrected chi connectivity index (χ3v) is 3.60. The molecular weight excluding hydrogens is 244 g/mol. The molecule has 0 aliphatic carbocycles. The van der Waals surface area contributed by atoms with Gasteiger partial charge in [0.25, 0.3) is 0 Å². The Kier molecular flexibility index (Phi) is 4.14. The van der Waals surface area contributed by atoms with Crippen LogP contribution in [0.3, 0.4) is 0 Å². The van der Waals surface area contributed by atoms with Gasteiger partial charge in [0.1, 0.15) is 0 Å². The molecule has 0 bridgehead atoms. The van der Waals surface area contributed by atoms with Crippen molar-refractivity contribution in [1.82, 2.24) is 20.3 Å². The molecule has 2 aromatic heterocycles. The molecule has 0 saturated carbocycles. The molecule has 0 amide bonds. The Hall–Kier alpha value is -1.20. The summed E-state index contributed by atoms with van der Waals surface area (Å²) in [5.74, 6) is 0. The highest BCUT2D eigenvalue weighted by atomic mass is 32.1. The molecule has 0 saturated heterocycles. The van der Waals surface area contributed by atoms with E-state index in [4.69, 9.17) is 0 Å². The first-order valence-corrected chi connectivity index (χ1v) is 7.08. The van der Waals surface area contributed by atoms with Crippen LogP contribution in [0.4, 0.5) is 0 Å². The highest BCUT2D eigenvalue weighted by molar-refractivity contribution is 7.09. The van der Waals surface area contributed by atoms with Crippen LogP contribution in [0.1, 0.15) is 31.3 Å². The Balaban J connectivity index is 1.75. The molecule has 98 valence electrons. The maximum atomic E-state index is 4.17. The zero-order valence-corrected chi connectivity index (χ0v) is 12.0. The number of nitrogens with one attached hydrogen (secondary N) is 1. The molecule has 0 aliphatic heterocycles. The van der Waals surface area contributed by atoms with Gasteiger partial charge in [-0.2, -0.15) is 0 Å². The molecule has 2 aromatic rings. The first kappa shape index (κ1) is 13.2. The van der Waals surface area contributed by atoms with Crippen molar-refractivity contribution in [2.45, 2.75) is 39.3 Å². The van der Waals surface area contributed by atoms with Crippen LogP contribution >= 0.6 is 11.3 Å². The summed E-state index contributed by atoms with van der Waals surface area (Å²) in [6.07, 6.45) is 3.09. The van der Waals surface area contributed by atoms with E-state index in [1.165, 1.54) is 4.88 Å². The Morgan fingerprint density at radius 2 is 2.22 bits per heavy atom. The monoisotopic (exact) mass is 264 g/mol. The fourth-order valence-electron chi connectivity index (χ4n) is 1.59. The van der Waals surface area contributed by atoms with E-state index in [1.54, 1.807) is 11.3 Å². The van der Waals surface area contributed by atoms with Gasteiger partial charge in [-0.3, -0.25) is 0 Å². The summed E-state index contributed by atoms with van der Waals surface area (Å²) in [7, 11) is 0. The van der Waals surface area contributed by atoms with Crippen LogP contribution in [0, 0.1) is 0 Å². The van der Waals surface area contributed by atoms with E-state index in [1.807, 2.05) is 10.9 Å². The zero-order chi connectivity index (χ0) is 13.0. The van der Waals surface area contributed by atoms with Crippen LogP contribution < -0.4 is 5.32 Å². The van der Waals surface area contributed by atoms with E-state index >= 15 is 0 Å². The summed E-state index contributed by atoms with van der Waals surface area (Å²) in [6, 6.07) is 4.26. The van der Waals surface area contributed by atoms with E-state index in [-0.39, 0.29) is 5.54 Å². The summed E-state index contributed by atoms with van der Waals surface area (Å²) >= 11 is 1.80. The smallest absolute Gasteiger partial charge is 0.0965 e. The molecule has 0 fully saturated rings. The van der Waals surface area contributed by atoms with Crippen molar-refractivity contribution in [1.29, 1.82) is 0 Å². The van der Waals surface area contributed by atoms with Gasteiger partial charge in [-0.1, -0.05) is 11.3 Å². The zero-order valence-electron chi connectivity index (χ0n) is 11.2. The second-order valence-corrected chi connectivity index (χ2v) is 6.36. The fourth-order valence-corrected chi connectivity index (χ4v) is 2.30. The van der Waals surface area contributed by atoms with E-state index < -0.39 is 0 Å². The minimum atomic E-state index is 0.00220. The summed E-state index contributed by atoms with van der Waals surface area (Å²) in [6.45, 7) is 8.12. The second kappa shape index (κ2) is 5.63. The van der Waals surface area contributed by atoms with Gasteiger partial charge in [0.05, 0.1) is 17.4 Å². The molecule has 0 aliphatic rings. The molecule has 1 N–H and O–H groups in total.